The fourth-order valence-corrected chi connectivity index (χ4v) is 2.76. The zero-order valence-corrected chi connectivity index (χ0v) is 11.7. The van der Waals surface area contributed by atoms with Crippen molar-refractivity contribution >= 4 is 15.7 Å². The first-order chi connectivity index (χ1) is 9.53. The van der Waals surface area contributed by atoms with Crippen molar-refractivity contribution in [1.29, 1.82) is 4.78 Å². The number of carbonyl (C=O) groups is 1. The lowest BCUT2D eigenvalue weighted by atomic mass is 10.00. The van der Waals surface area contributed by atoms with Crippen LogP contribution in [0.2, 0.25) is 0 Å². The molecule has 0 spiro atoms. The third-order valence-corrected chi connectivity index (χ3v) is 4.57. The molecule has 0 bridgehead atoms. The number of aliphatic hydroxyl groups is 1. The Hall–Kier alpha value is -1.08. The van der Waals surface area contributed by atoms with E-state index < -0.39 is 64.0 Å². The third-order valence-electron chi connectivity index (χ3n) is 2.81. The fraction of sp³-hybridized carbons (Fsp3) is 0.889. The van der Waals surface area contributed by atoms with Crippen molar-refractivity contribution in [3.63, 3.8) is 0 Å². The molecule has 0 aromatic rings. The van der Waals surface area contributed by atoms with E-state index in [0.29, 0.717) is 0 Å². The summed E-state index contributed by atoms with van der Waals surface area (Å²) < 4.78 is 93.0. The number of hydrogen-bond acceptors (Lipinski definition) is 5. The lowest BCUT2D eigenvalue weighted by Crippen LogP contribution is -2.57. The molecule has 0 rings (SSSR count). The van der Waals surface area contributed by atoms with Crippen molar-refractivity contribution in [3.8, 4) is 0 Å². The minimum absolute atomic E-state index is 0.561. The third kappa shape index (κ3) is 5.28. The molecule has 0 amide bonds. The summed E-state index contributed by atoms with van der Waals surface area (Å²) in [4.78, 5) is 10.4. The molecule has 6 nitrogen and oxygen atoms in total. The predicted octanol–water partition coefficient (Wildman–Crippen LogP) is 1.08. The van der Waals surface area contributed by atoms with Gasteiger partial charge in [0.2, 0.25) is 0 Å². The van der Waals surface area contributed by atoms with Gasteiger partial charge in [-0.1, -0.05) is 0 Å². The summed E-state index contributed by atoms with van der Waals surface area (Å²) in [5.41, 5.74) is -0.0584. The topological polar surface area (TPSA) is 124 Å². The summed E-state index contributed by atoms with van der Waals surface area (Å²) in [5.74, 6) is -3.72. The van der Waals surface area contributed by atoms with Crippen molar-refractivity contribution in [1.82, 2.24) is 0 Å². The zero-order chi connectivity index (χ0) is 18.0. The molecule has 0 aliphatic rings. The molecule has 2 atom stereocenters. The molecule has 5 N–H and O–H groups in total. The number of nitrogens with one attached hydrogen (secondary N) is 1. The second-order valence-corrected chi connectivity index (χ2v) is 7.00. The Bertz CT molecular complexity index is 487. The van der Waals surface area contributed by atoms with Crippen LogP contribution in [0, 0.1) is 4.78 Å². The molecule has 0 aromatic carbocycles. The number of hydrogen-bond donors (Lipinski definition) is 4. The number of halogens is 6. The molecule has 0 heterocycles. The Labute approximate surface area is 121 Å². The first-order valence-electron chi connectivity index (χ1n) is 5.62. The Kier molecular flexibility index (Phi) is 6.26. The highest BCUT2D eigenvalue weighted by molar-refractivity contribution is 7.92. The molecule has 0 fully saturated rings. The van der Waals surface area contributed by atoms with Gasteiger partial charge in [0.05, 0.1) is 0 Å². The van der Waals surface area contributed by atoms with Gasteiger partial charge >= 0.3 is 18.3 Å². The average molecular weight is 360 g/mol. The minimum atomic E-state index is -6.06. The van der Waals surface area contributed by atoms with Crippen LogP contribution in [0.3, 0.4) is 0 Å². The second-order valence-electron chi connectivity index (χ2n) is 4.56. The Morgan fingerprint density at radius 1 is 1.14 bits per heavy atom. The highest BCUT2D eigenvalue weighted by atomic mass is 32.2. The maximum absolute atomic E-state index is 12.4. The van der Waals surface area contributed by atoms with Gasteiger partial charge in [-0.25, -0.2) is 4.21 Å². The normalized spacial score (nSPS) is 17.8. The van der Waals surface area contributed by atoms with E-state index in [1.807, 2.05) is 0 Å². The van der Waals surface area contributed by atoms with Gasteiger partial charge in [-0.2, -0.15) is 26.3 Å². The maximum atomic E-state index is 12.4. The minimum Gasteiger partial charge on any atom is -0.480 e. The van der Waals surface area contributed by atoms with Gasteiger partial charge in [-0.05, 0) is 6.42 Å². The van der Waals surface area contributed by atoms with Crippen LogP contribution in [0.1, 0.15) is 12.8 Å². The molecule has 0 aliphatic heterocycles. The van der Waals surface area contributed by atoms with Gasteiger partial charge in [0.15, 0.2) is 0 Å². The van der Waals surface area contributed by atoms with Crippen LogP contribution >= 0.6 is 0 Å². The number of rotatable bonds is 7. The van der Waals surface area contributed by atoms with E-state index in [1.54, 1.807) is 0 Å². The zero-order valence-electron chi connectivity index (χ0n) is 10.9. The number of carboxylic acid groups (broad SMARTS) is 1. The van der Waals surface area contributed by atoms with Crippen LogP contribution in [0.25, 0.3) is 0 Å². The Morgan fingerprint density at radius 2 is 1.55 bits per heavy atom. The Morgan fingerprint density at radius 3 is 1.86 bits per heavy atom. The van der Waals surface area contributed by atoms with Crippen LogP contribution in [-0.4, -0.2) is 55.9 Å². The van der Waals surface area contributed by atoms with Gasteiger partial charge in [0, 0.05) is 27.7 Å². The highest BCUT2D eigenvalue weighted by Crippen LogP contribution is 2.45. The predicted molar refractivity (Wildman–Crippen MR) is 62.5 cm³/mol. The largest absolute Gasteiger partial charge is 0.480 e. The molecule has 13 heteroatoms. The molecule has 0 aromatic heterocycles. The molecule has 0 unspecified atom stereocenters. The number of alkyl halides is 6. The van der Waals surface area contributed by atoms with Crippen molar-refractivity contribution < 1.29 is 45.6 Å². The van der Waals surface area contributed by atoms with E-state index in [1.165, 1.54) is 0 Å². The highest BCUT2D eigenvalue weighted by Gasteiger charge is 2.69. The van der Waals surface area contributed by atoms with Gasteiger partial charge in [-0.3, -0.25) is 9.57 Å². The van der Waals surface area contributed by atoms with Crippen LogP contribution in [0.15, 0.2) is 0 Å². The Balaban J connectivity index is 4.98. The number of aliphatic carboxylic acids is 1. The summed E-state index contributed by atoms with van der Waals surface area (Å²) in [7, 11) is -3.97. The SMILES string of the molecule is N=[S@@](=O)(CC[C@H](N)C(=O)O)CCC(O)(C(F)(F)F)C(F)(F)F. The van der Waals surface area contributed by atoms with Crippen molar-refractivity contribution in [2.75, 3.05) is 11.5 Å². The monoisotopic (exact) mass is 360 g/mol. The van der Waals surface area contributed by atoms with Crippen molar-refractivity contribution in [2.24, 2.45) is 5.73 Å². The first kappa shape index (κ1) is 20.9. The van der Waals surface area contributed by atoms with E-state index in [2.05, 4.69) is 0 Å². The standard InChI is InChI=1S/C9H14F6N2O4S/c10-8(11,12)7(20,9(13,14)15)2-4-22(17,21)3-1-5(16)6(18)19/h5,17,20H,1-4,16H2,(H,18,19)/t5-,22+/m0/s1. The number of carboxylic acids is 1. The van der Waals surface area contributed by atoms with E-state index >= 15 is 0 Å². The van der Waals surface area contributed by atoms with E-state index in [9.17, 15) is 35.3 Å². The summed E-state index contributed by atoms with van der Waals surface area (Å²) in [6.07, 6.45) is -14.7. The summed E-state index contributed by atoms with van der Waals surface area (Å²) in [6.45, 7) is 0. The van der Waals surface area contributed by atoms with Gasteiger partial charge < -0.3 is 15.9 Å². The van der Waals surface area contributed by atoms with Crippen LogP contribution < -0.4 is 5.73 Å². The molecular weight excluding hydrogens is 346 g/mol. The molecule has 0 saturated heterocycles. The molecule has 0 aliphatic carbocycles. The molecule has 0 saturated carbocycles. The van der Waals surface area contributed by atoms with Crippen LogP contribution in [0.4, 0.5) is 26.3 Å². The van der Waals surface area contributed by atoms with Gasteiger partial charge in [0.25, 0.3) is 5.60 Å². The molecule has 0 radical (unpaired) electrons. The quantitative estimate of drug-likeness (QED) is 0.506. The summed E-state index contributed by atoms with van der Waals surface area (Å²) in [6, 6.07) is -1.55. The molecule has 132 valence electrons. The first-order valence-corrected chi connectivity index (χ1v) is 7.51. The average Bonchev–Trinajstić information content (AvgIpc) is 2.30. The maximum Gasteiger partial charge on any atom is 0.426 e. The van der Waals surface area contributed by atoms with E-state index in [4.69, 9.17) is 20.7 Å². The molecular formula is C9H14F6N2O4S. The van der Waals surface area contributed by atoms with Gasteiger partial charge in [0.1, 0.15) is 6.04 Å². The fourth-order valence-electron chi connectivity index (χ4n) is 1.30. The van der Waals surface area contributed by atoms with Gasteiger partial charge in [-0.15, -0.1) is 0 Å². The smallest absolute Gasteiger partial charge is 0.426 e. The second kappa shape index (κ2) is 6.58. The van der Waals surface area contributed by atoms with Crippen LogP contribution in [0.5, 0.6) is 0 Å². The lowest BCUT2D eigenvalue weighted by molar-refractivity contribution is -0.368. The summed E-state index contributed by atoms with van der Waals surface area (Å²) in [5, 5.41) is 17.3. The van der Waals surface area contributed by atoms with Crippen molar-refractivity contribution in [2.45, 2.75) is 36.8 Å². The van der Waals surface area contributed by atoms with E-state index in [0.717, 1.165) is 0 Å². The molecule has 22 heavy (non-hydrogen) atoms. The lowest BCUT2D eigenvalue weighted by Gasteiger charge is -2.32. The van der Waals surface area contributed by atoms with E-state index in [-0.39, 0.29) is 0 Å². The van der Waals surface area contributed by atoms with Crippen molar-refractivity contribution in [3.05, 3.63) is 0 Å². The summed E-state index contributed by atoms with van der Waals surface area (Å²) >= 11 is 0. The van der Waals surface area contributed by atoms with Crippen LogP contribution in [-0.2, 0) is 14.5 Å². The number of nitrogens with two attached hydrogens (primary N) is 1.